The first-order chi connectivity index (χ1) is 53.2. The van der Waals surface area contributed by atoms with Crippen molar-refractivity contribution >= 4 is 67.7 Å². The number of nitro benzene ring substituents is 1. The van der Waals surface area contributed by atoms with Crippen LogP contribution in [-0.4, -0.2) is 166 Å². The zero-order chi connectivity index (χ0) is 80.4. The van der Waals surface area contributed by atoms with Crippen molar-refractivity contribution in [3.8, 4) is 29.4 Å². The lowest BCUT2D eigenvalue weighted by atomic mass is 9.96. The van der Waals surface area contributed by atoms with Gasteiger partial charge in [-0.3, -0.25) is 33.8 Å². The molecule has 3 fully saturated rings. The van der Waals surface area contributed by atoms with E-state index in [0.29, 0.717) is 48.2 Å². The number of aliphatic hydroxyl groups is 3. The average Bonchev–Trinajstić information content (AvgIpc) is 1.57. The predicted molar refractivity (Wildman–Crippen MR) is 396 cm³/mol. The summed E-state index contributed by atoms with van der Waals surface area (Å²) in [5, 5.41) is 76.1. The van der Waals surface area contributed by atoms with Crippen LogP contribution >= 0.6 is 15.5 Å². The van der Waals surface area contributed by atoms with E-state index in [2.05, 4.69) is 30.3 Å². The maximum Gasteiger partial charge on any atom is 0.513 e. The molecule has 111 heavy (non-hydrogen) atoms. The van der Waals surface area contributed by atoms with E-state index in [9.17, 15) is 64.3 Å². The molecule has 0 radical (unpaired) electrons. The molecule has 4 aromatic heterocycles. The summed E-state index contributed by atoms with van der Waals surface area (Å²) in [5.74, 6) is -3.31. The standard InChI is InChI=1S/C32H43N6O10P.C26H35N2O9P.C15H17N5O4/c1-3-5-10-16-44-26(39)18-23(31(42)45-17-11-6-4-2)37-49(43,48-22-12-8-7-9-13-22)46-20-32(19-33)29(41)27(40)28(47-32)24-14-15-25-30(34)35-21-36-38(24)25;1-3-5-10-18-34-25(29)20-24(26(30)35-19-11-6-4-2)27-38(33,36-22-12-8-7-9-13-22)37-23-16-14-21(15-17-23)28(31)32;1-14(2)22-11-10(23-15(5-16,6-21)12(11)24-14)8-3-4-9-13(17)18-7-19-20(8)9/h7-9,12-15,21,23,27-29,40-41H,3-6,10-11,16-18,20H2,1-2H3,(H,37,43)(H2,34,35,36);7-9,12-17,24H,3-6,10-11,18-20H2,1-2H3,(H,27,33);3-4,7,10-12,21H,6H2,1-2H3,(H2,17,18,19)/t23-,27-,28-,29-,32+,49?;24-,38?;10-,11-,12-,15+/m000/s1. The summed E-state index contributed by atoms with van der Waals surface area (Å²) in [7, 11) is -9.07. The van der Waals surface area contributed by atoms with Gasteiger partial charge in [0.25, 0.3) is 5.69 Å². The van der Waals surface area contributed by atoms with Gasteiger partial charge < -0.3 is 78.3 Å². The summed E-state index contributed by atoms with van der Waals surface area (Å²) in [5.41, 5.74) is 9.75. The number of non-ortho nitro benzene ring substituents is 1. The van der Waals surface area contributed by atoms with Gasteiger partial charge >= 0.3 is 39.4 Å². The number of para-hydroxylation sites is 2. The van der Waals surface area contributed by atoms with Crippen molar-refractivity contribution in [2.45, 2.75) is 197 Å². The van der Waals surface area contributed by atoms with Crippen molar-refractivity contribution in [2.24, 2.45) is 0 Å². The van der Waals surface area contributed by atoms with Gasteiger partial charge in [0.2, 0.25) is 11.2 Å². The molecule has 7 heterocycles. The minimum absolute atomic E-state index is 0.0143. The molecule has 0 amide bonds. The van der Waals surface area contributed by atoms with Crippen LogP contribution in [0.1, 0.15) is 155 Å². The van der Waals surface area contributed by atoms with E-state index >= 15 is 0 Å². The van der Waals surface area contributed by atoms with Gasteiger partial charge in [0.05, 0.1) is 62.2 Å². The van der Waals surface area contributed by atoms with Crippen molar-refractivity contribution in [2.75, 3.05) is 51.1 Å². The molecule has 0 saturated carbocycles. The third-order valence-electron chi connectivity index (χ3n) is 17.5. The van der Waals surface area contributed by atoms with Crippen molar-refractivity contribution in [3.05, 3.63) is 143 Å². The minimum Gasteiger partial charge on any atom is -0.466 e. The number of aliphatic hydroxyl groups excluding tert-OH is 3. The van der Waals surface area contributed by atoms with E-state index in [1.54, 1.807) is 73.0 Å². The lowest BCUT2D eigenvalue weighted by Crippen LogP contribution is -2.46. The van der Waals surface area contributed by atoms with Gasteiger partial charge in [0, 0.05) is 12.1 Å². The number of benzene rings is 3. The molecular weight excluding hydrogens is 1490 g/mol. The quantitative estimate of drug-likeness (QED) is 0.00470. The van der Waals surface area contributed by atoms with Gasteiger partial charge in [-0.05, 0) is 100 Å². The molecule has 9 N–H and O–H groups in total. The van der Waals surface area contributed by atoms with E-state index in [0.717, 1.165) is 51.4 Å². The highest BCUT2D eigenvalue weighted by Gasteiger charge is 2.64. The first-order valence-corrected chi connectivity index (χ1v) is 39.5. The van der Waals surface area contributed by atoms with Crippen LogP contribution in [0.15, 0.2) is 122 Å². The number of carbonyl (C=O) groups is 4. The van der Waals surface area contributed by atoms with Crippen LogP contribution in [0.3, 0.4) is 0 Å². The number of nitrogen functional groups attached to an aromatic ring is 2. The van der Waals surface area contributed by atoms with Crippen LogP contribution in [0.5, 0.6) is 17.2 Å². The van der Waals surface area contributed by atoms with Crippen LogP contribution < -0.4 is 35.2 Å². The summed E-state index contributed by atoms with van der Waals surface area (Å²) >= 11 is 0. The molecule has 3 aromatic carbocycles. The Bertz CT molecular complexity index is 4400. The molecule has 7 aromatic rings. The van der Waals surface area contributed by atoms with E-state index in [1.807, 2.05) is 39.8 Å². The zero-order valence-electron chi connectivity index (χ0n) is 62.4. The monoisotopic (exact) mass is 1580 g/mol. The Morgan fingerprint density at radius 1 is 0.595 bits per heavy atom. The van der Waals surface area contributed by atoms with Crippen LogP contribution in [0.4, 0.5) is 17.3 Å². The maximum absolute atomic E-state index is 14.4. The number of nitrogens with zero attached hydrogens (tertiary/aromatic N) is 9. The topological polar surface area (TPSA) is 501 Å². The van der Waals surface area contributed by atoms with Gasteiger partial charge in [0.15, 0.2) is 17.4 Å². The van der Waals surface area contributed by atoms with Crippen molar-refractivity contribution in [3.63, 3.8) is 0 Å². The highest BCUT2D eigenvalue weighted by atomic mass is 31.2. The van der Waals surface area contributed by atoms with E-state index < -0.39 is 136 Å². The van der Waals surface area contributed by atoms with E-state index in [4.69, 9.17) is 67.5 Å². The predicted octanol–water partition coefficient (Wildman–Crippen LogP) is 9.52. The van der Waals surface area contributed by atoms with Gasteiger partial charge in [-0.25, -0.2) is 28.1 Å². The van der Waals surface area contributed by atoms with Crippen LogP contribution in [0.25, 0.3) is 11.0 Å². The maximum atomic E-state index is 14.4. The van der Waals surface area contributed by atoms with E-state index in [1.165, 1.54) is 71.8 Å². The molecule has 0 spiro atoms. The molecule has 600 valence electrons. The van der Waals surface area contributed by atoms with Crippen molar-refractivity contribution in [1.29, 1.82) is 10.5 Å². The Balaban J connectivity index is 0.000000221. The molecule has 3 saturated heterocycles. The van der Waals surface area contributed by atoms with Crippen LogP contribution in [-0.2, 0) is 70.7 Å². The smallest absolute Gasteiger partial charge is 0.466 e. The average molecular weight is 1580 g/mol. The molecule has 10 rings (SSSR count). The number of nitrogens with one attached hydrogen (secondary N) is 2. The summed E-state index contributed by atoms with van der Waals surface area (Å²) in [4.78, 5) is 69.7. The molecule has 36 nitrogen and oxygen atoms in total. The second-order valence-corrected chi connectivity index (χ2v) is 29.7. The number of fused-ring (bicyclic) bond motifs is 3. The first-order valence-electron chi connectivity index (χ1n) is 36.4. The second kappa shape index (κ2) is 41.0. The van der Waals surface area contributed by atoms with Gasteiger partial charge in [0.1, 0.15) is 108 Å². The third kappa shape index (κ3) is 23.4. The number of rotatable bonds is 39. The number of nitriles is 2. The fraction of sp³-hybridized carbons (Fsp3) is 0.507. The SMILES string of the molecule is CC1(C)O[C@H]2[C@H](c3ccc4c(N)ncnn34)O[C@](C#N)(CO)[C@H]2O1.CCCCCOC(=O)C[C@H](NP(=O)(OC[C@@]1(C#N)O[C@@H](c2ccc3c(N)ncnn23)[C@H](O)[C@@H]1O)Oc1ccccc1)C(=O)OCCCCC.CCCCCOC(=O)C[C@H](NP(=O)(Oc1ccccc1)Oc1ccc([N+](=O)[O-])cc1)C(=O)OCCCCC. The Morgan fingerprint density at radius 3 is 1.46 bits per heavy atom. The number of hydrogen-bond donors (Lipinski definition) is 7. The van der Waals surface area contributed by atoms with Gasteiger partial charge in [-0.1, -0.05) is 115 Å². The fourth-order valence-electron chi connectivity index (χ4n) is 11.8. The molecule has 2 unspecified atom stereocenters. The van der Waals surface area contributed by atoms with Crippen molar-refractivity contribution in [1.82, 2.24) is 39.4 Å². The Morgan fingerprint density at radius 2 is 1.02 bits per heavy atom. The number of hydrogen-bond acceptors (Lipinski definition) is 31. The number of esters is 4. The molecule has 12 atom stereocenters. The molecule has 3 aliphatic rings. The zero-order valence-corrected chi connectivity index (χ0v) is 64.2. The number of nitro groups is 1. The molecule has 38 heteroatoms. The Labute approximate surface area is 640 Å². The summed E-state index contributed by atoms with van der Waals surface area (Å²) in [6.45, 7) is 10.7. The third-order valence-corrected chi connectivity index (χ3v) is 20.6. The summed E-state index contributed by atoms with van der Waals surface area (Å²) in [6.07, 6.45) is 4.33. The summed E-state index contributed by atoms with van der Waals surface area (Å²) < 4.78 is 98.8. The summed E-state index contributed by atoms with van der Waals surface area (Å²) in [6, 6.07) is 28.4. The number of aromatic nitrogens is 6. The number of anilines is 2. The number of ether oxygens (including phenoxy) is 8. The van der Waals surface area contributed by atoms with E-state index in [-0.39, 0.29) is 60.9 Å². The Kier molecular flexibility index (Phi) is 32.0. The lowest BCUT2D eigenvalue weighted by molar-refractivity contribution is -0.384. The van der Waals surface area contributed by atoms with Gasteiger partial charge in [-0.2, -0.15) is 30.9 Å². The number of carbonyl (C=O) groups excluding carboxylic acids is 4. The van der Waals surface area contributed by atoms with Crippen molar-refractivity contribution < 1.29 is 105 Å². The molecule has 0 bridgehead atoms. The largest absolute Gasteiger partial charge is 0.513 e. The highest BCUT2D eigenvalue weighted by molar-refractivity contribution is 7.52. The number of nitrogens with two attached hydrogens (primary N) is 2. The second-order valence-electron chi connectivity index (χ2n) is 26.4. The lowest BCUT2D eigenvalue weighted by Gasteiger charge is -2.29. The van der Waals surface area contributed by atoms with Crippen LogP contribution in [0, 0.1) is 32.8 Å². The minimum atomic E-state index is -4.69. The Hall–Kier alpha value is -9.78. The van der Waals surface area contributed by atoms with Gasteiger partial charge in [-0.15, -0.1) is 0 Å². The normalized spacial score (nSPS) is 21.7. The number of unbranched alkanes of at least 4 members (excludes halogenated alkanes) is 8. The first kappa shape index (κ1) is 86.8. The highest BCUT2D eigenvalue weighted by Crippen LogP contribution is 2.52. The van der Waals surface area contributed by atoms with Crippen LogP contribution in [0.2, 0.25) is 0 Å². The molecular formula is C73H95N13O23P2. The fourth-order valence-corrected chi connectivity index (χ4v) is 14.8. The molecule has 0 aliphatic carbocycles. The molecule has 3 aliphatic heterocycles.